The van der Waals surface area contributed by atoms with Crippen molar-refractivity contribution in [2.75, 3.05) is 7.05 Å². The number of carboxylic acid groups (broad SMARTS) is 1. The zero-order chi connectivity index (χ0) is 13.9. The van der Waals surface area contributed by atoms with Crippen LogP contribution in [0.5, 0.6) is 0 Å². The molecule has 0 saturated heterocycles. The summed E-state index contributed by atoms with van der Waals surface area (Å²) >= 11 is 0. The smallest absolute Gasteiger partial charge is 0.329 e. The van der Waals surface area contributed by atoms with Crippen molar-refractivity contribution in [3.63, 3.8) is 0 Å². The molecule has 0 aromatic heterocycles. The molecule has 0 aromatic carbocycles. The highest BCUT2D eigenvalue weighted by Crippen LogP contribution is 2.36. The Morgan fingerprint density at radius 2 is 1.53 bits per heavy atom. The van der Waals surface area contributed by atoms with Crippen LogP contribution in [0.3, 0.4) is 0 Å². The van der Waals surface area contributed by atoms with Gasteiger partial charge >= 0.3 is 5.97 Å². The van der Waals surface area contributed by atoms with Crippen LogP contribution in [0.2, 0.25) is 0 Å². The number of nitrogens with zero attached hydrogens (tertiary/aromatic N) is 1. The summed E-state index contributed by atoms with van der Waals surface area (Å²) in [5.41, 5.74) is -0.938. The van der Waals surface area contributed by atoms with Crippen LogP contribution < -0.4 is 0 Å². The van der Waals surface area contributed by atoms with Gasteiger partial charge in [0.1, 0.15) is 5.54 Å². The average molecular weight is 267 g/mol. The van der Waals surface area contributed by atoms with Crippen molar-refractivity contribution in [1.82, 2.24) is 4.90 Å². The first-order valence-corrected chi connectivity index (χ1v) is 7.59. The van der Waals surface area contributed by atoms with E-state index in [4.69, 9.17) is 0 Å². The third-order valence-electron chi connectivity index (χ3n) is 5.01. The first-order valence-electron chi connectivity index (χ1n) is 7.59. The lowest BCUT2D eigenvalue weighted by atomic mass is 9.79. The van der Waals surface area contributed by atoms with E-state index in [-0.39, 0.29) is 11.8 Å². The lowest BCUT2D eigenvalue weighted by Gasteiger charge is -2.42. The lowest BCUT2D eigenvalue weighted by Crippen LogP contribution is -2.57. The Hall–Kier alpha value is -1.06. The van der Waals surface area contributed by atoms with E-state index in [2.05, 4.69) is 0 Å². The summed E-state index contributed by atoms with van der Waals surface area (Å²) in [6.07, 6.45) is 9.39. The first-order chi connectivity index (χ1) is 9.08. The van der Waals surface area contributed by atoms with Crippen LogP contribution >= 0.6 is 0 Å². The van der Waals surface area contributed by atoms with E-state index in [9.17, 15) is 14.7 Å². The molecule has 2 aliphatic carbocycles. The summed E-state index contributed by atoms with van der Waals surface area (Å²) in [5, 5.41) is 9.61. The van der Waals surface area contributed by atoms with Crippen molar-refractivity contribution in [2.24, 2.45) is 5.92 Å². The molecule has 0 bridgehead atoms. The number of hydrogen-bond donors (Lipinski definition) is 1. The highest BCUT2D eigenvalue weighted by molar-refractivity contribution is 5.88. The van der Waals surface area contributed by atoms with Crippen LogP contribution in [0.25, 0.3) is 0 Å². The van der Waals surface area contributed by atoms with Crippen molar-refractivity contribution >= 4 is 11.9 Å². The van der Waals surface area contributed by atoms with Crippen molar-refractivity contribution in [1.29, 1.82) is 0 Å². The summed E-state index contributed by atoms with van der Waals surface area (Å²) in [4.78, 5) is 25.9. The molecule has 0 heterocycles. The molecule has 4 nitrogen and oxygen atoms in total. The van der Waals surface area contributed by atoms with E-state index in [0.29, 0.717) is 12.8 Å². The maximum absolute atomic E-state index is 12.6. The fourth-order valence-corrected chi connectivity index (χ4v) is 3.66. The maximum Gasteiger partial charge on any atom is 0.329 e. The lowest BCUT2D eigenvalue weighted by molar-refractivity contribution is -0.162. The van der Waals surface area contributed by atoms with Gasteiger partial charge in [-0.1, -0.05) is 38.5 Å². The molecule has 0 atom stereocenters. The monoisotopic (exact) mass is 267 g/mol. The minimum atomic E-state index is -0.938. The van der Waals surface area contributed by atoms with E-state index in [1.807, 2.05) is 0 Å². The largest absolute Gasteiger partial charge is 0.479 e. The van der Waals surface area contributed by atoms with Gasteiger partial charge in [-0.3, -0.25) is 4.79 Å². The molecule has 2 fully saturated rings. The van der Waals surface area contributed by atoms with Crippen LogP contribution in [0, 0.1) is 5.92 Å². The quantitative estimate of drug-likeness (QED) is 0.855. The standard InChI is InChI=1S/C15H25NO3/c1-16(13(17)12-8-4-2-5-9-12)15(14(18)19)10-6-3-7-11-15/h12H,2-11H2,1H3,(H,18,19). The number of carbonyl (C=O) groups excluding carboxylic acids is 1. The van der Waals surface area contributed by atoms with Gasteiger partial charge in [0.25, 0.3) is 0 Å². The van der Waals surface area contributed by atoms with E-state index >= 15 is 0 Å². The summed E-state index contributed by atoms with van der Waals surface area (Å²) < 4.78 is 0. The number of rotatable bonds is 3. The third-order valence-corrected chi connectivity index (χ3v) is 5.01. The van der Waals surface area contributed by atoms with Gasteiger partial charge in [0.15, 0.2) is 0 Å². The number of amides is 1. The van der Waals surface area contributed by atoms with Crippen molar-refractivity contribution in [2.45, 2.75) is 69.7 Å². The van der Waals surface area contributed by atoms with E-state index < -0.39 is 11.5 Å². The molecular weight excluding hydrogens is 242 g/mol. The second-order valence-corrected chi connectivity index (χ2v) is 6.13. The third kappa shape index (κ3) is 2.77. The van der Waals surface area contributed by atoms with Crippen molar-refractivity contribution in [3.05, 3.63) is 0 Å². The van der Waals surface area contributed by atoms with Gasteiger partial charge in [-0.25, -0.2) is 4.79 Å². The highest BCUT2D eigenvalue weighted by atomic mass is 16.4. The number of likely N-dealkylation sites (N-methyl/N-ethyl adjacent to an activating group) is 1. The predicted octanol–water partition coefficient (Wildman–Crippen LogP) is 2.81. The number of carbonyl (C=O) groups is 2. The second kappa shape index (κ2) is 5.93. The molecule has 2 rings (SSSR count). The molecule has 4 heteroatoms. The van der Waals surface area contributed by atoms with Crippen LogP contribution in [0.4, 0.5) is 0 Å². The molecule has 1 N–H and O–H groups in total. The van der Waals surface area contributed by atoms with Gasteiger partial charge in [0, 0.05) is 13.0 Å². The van der Waals surface area contributed by atoms with Crippen LogP contribution in [-0.4, -0.2) is 34.5 Å². The Balaban J connectivity index is 2.12. The molecule has 1 amide bonds. The second-order valence-electron chi connectivity index (χ2n) is 6.13. The molecule has 0 aliphatic heterocycles. The molecule has 19 heavy (non-hydrogen) atoms. The SMILES string of the molecule is CN(C(=O)C1CCCCC1)C1(C(=O)O)CCCCC1. The van der Waals surface area contributed by atoms with Gasteiger partial charge in [-0.2, -0.15) is 0 Å². The van der Waals surface area contributed by atoms with Crippen molar-refractivity contribution < 1.29 is 14.7 Å². The highest BCUT2D eigenvalue weighted by Gasteiger charge is 2.46. The Bertz CT molecular complexity index is 341. The molecule has 2 aliphatic rings. The average Bonchev–Trinajstić information content (AvgIpc) is 2.47. The zero-order valence-corrected chi connectivity index (χ0v) is 11.9. The fraction of sp³-hybridized carbons (Fsp3) is 0.867. The number of aliphatic carboxylic acids is 1. The topological polar surface area (TPSA) is 57.6 Å². The number of carboxylic acids is 1. The van der Waals surface area contributed by atoms with Gasteiger partial charge in [0.2, 0.25) is 5.91 Å². The van der Waals surface area contributed by atoms with E-state index in [1.54, 1.807) is 11.9 Å². The molecular formula is C15H25NO3. The number of hydrogen-bond acceptors (Lipinski definition) is 2. The minimum Gasteiger partial charge on any atom is -0.479 e. The Kier molecular flexibility index (Phi) is 4.48. The van der Waals surface area contributed by atoms with Crippen LogP contribution in [0.1, 0.15) is 64.2 Å². The normalized spacial score (nSPS) is 23.8. The fourth-order valence-electron chi connectivity index (χ4n) is 3.66. The van der Waals surface area contributed by atoms with E-state index in [1.165, 1.54) is 6.42 Å². The molecule has 2 saturated carbocycles. The van der Waals surface area contributed by atoms with Gasteiger partial charge in [-0.15, -0.1) is 0 Å². The maximum atomic E-state index is 12.6. The Morgan fingerprint density at radius 1 is 1.00 bits per heavy atom. The molecule has 108 valence electrons. The summed E-state index contributed by atoms with van der Waals surface area (Å²) in [7, 11) is 1.70. The van der Waals surface area contributed by atoms with Gasteiger partial charge < -0.3 is 10.0 Å². The van der Waals surface area contributed by atoms with Crippen LogP contribution in [0.15, 0.2) is 0 Å². The van der Waals surface area contributed by atoms with Gasteiger partial charge in [0.05, 0.1) is 0 Å². The molecule has 0 spiro atoms. The van der Waals surface area contributed by atoms with Crippen LogP contribution in [-0.2, 0) is 9.59 Å². The zero-order valence-electron chi connectivity index (χ0n) is 11.9. The minimum absolute atomic E-state index is 0.0527. The first kappa shape index (κ1) is 14.4. The summed E-state index contributed by atoms with van der Waals surface area (Å²) in [5.74, 6) is -0.709. The van der Waals surface area contributed by atoms with E-state index in [0.717, 1.165) is 44.9 Å². The molecule has 0 radical (unpaired) electrons. The molecule has 0 aromatic rings. The Labute approximate surface area is 115 Å². The molecule has 0 unspecified atom stereocenters. The van der Waals surface area contributed by atoms with Crippen molar-refractivity contribution in [3.8, 4) is 0 Å². The Morgan fingerprint density at radius 3 is 2.05 bits per heavy atom. The predicted molar refractivity (Wildman–Crippen MR) is 72.8 cm³/mol. The van der Waals surface area contributed by atoms with Gasteiger partial charge in [-0.05, 0) is 25.7 Å². The summed E-state index contributed by atoms with van der Waals surface area (Å²) in [6, 6.07) is 0. The summed E-state index contributed by atoms with van der Waals surface area (Å²) in [6.45, 7) is 0.